The van der Waals surface area contributed by atoms with Gasteiger partial charge in [-0.05, 0) is 37.6 Å². The van der Waals surface area contributed by atoms with Crippen molar-refractivity contribution in [1.82, 2.24) is 0 Å². The number of rotatable bonds is 4. The standard InChI is InChI=1S/C14H14FNO2S/c1-8(2)16-11-7-12(19-13(11)14(17)18)9-3-5-10(15)6-4-9/h3-8,16H,1-2H3,(H,17,18). The van der Waals surface area contributed by atoms with E-state index in [1.165, 1.54) is 23.5 Å². The van der Waals surface area contributed by atoms with Crippen LogP contribution in [0.15, 0.2) is 30.3 Å². The Morgan fingerprint density at radius 3 is 2.47 bits per heavy atom. The predicted octanol–water partition coefficient (Wildman–Crippen LogP) is 4.07. The van der Waals surface area contributed by atoms with Crippen LogP contribution in [-0.2, 0) is 0 Å². The van der Waals surface area contributed by atoms with Crippen molar-refractivity contribution in [2.75, 3.05) is 5.32 Å². The molecular formula is C14H14FNO2S. The molecule has 2 aromatic rings. The summed E-state index contributed by atoms with van der Waals surface area (Å²) < 4.78 is 12.9. The molecular weight excluding hydrogens is 265 g/mol. The van der Waals surface area contributed by atoms with E-state index in [9.17, 15) is 14.3 Å². The first-order chi connectivity index (χ1) is 8.97. The molecule has 0 unspecified atom stereocenters. The summed E-state index contributed by atoms with van der Waals surface area (Å²) >= 11 is 1.18. The van der Waals surface area contributed by atoms with Gasteiger partial charge >= 0.3 is 5.97 Å². The van der Waals surface area contributed by atoms with Gasteiger partial charge in [-0.2, -0.15) is 0 Å². The monoisotopic (exact) mass is 279 g/mol. The van der Waals surface area contributed by atoms with Crippen molar-refractivity contribution in [3.05, 3.63) is 41.0 Å². The number of nitrogens with one attached hydrogen (secondary N) is 1. The molecule has 0 aliphatic carbocycles. The molecule has 0 spiro atoms. The van der Waals surface area contributed by atoms with Crippen LogP contribution >= 0.6 is 11.3 Å². The summed E-state index contributed by atoms with van der Waals surface area (Å²) in [5.74, 6) is -1.26. The second kappa shape index (κ2) is 5.40. The van der Waals surface area contributed by atoms with Crippen molar-refractivity contribution in [3.63, 3.8) is 0 Å². The average molecular weight is 279 g/mol. The minimum absolute atomic E-state index is 0.147. The fraction of sp³-hybridized carbons (Fsp3) is 0.214. The number of aromatic carboxylic acids is 1. The van der Waals surface area contributed by atoms with E-state index in [4.69, 9.17) is 0 Å². The Morgan fingerprint density at radius 2 is 1.95 bits per heavy atom. The van der Waals surface area contributed by atoms with Crippen LogP contribution in [0.5, 0.6) is 0 Å². The zero-order chi connectivity index (χ0) is 14.0. The lowest BCUT2D eigenvalue weighted by atomic mass is 10.2. The zero-order valence-electron chi connectivity index (χ0n) is 10.6. The predicted molar refractivity (Wildman–Crippen MR) is 75.4 cm³/mol. The fourth-order valence-electron chi connectivity index (χ4n) is 1.72. The highest BCUT2D eigenvalue weighted by molar-refractivity contribution is 7.18. The van der Waals surface area contributed by atoms with Crippen molar-refractivity contribution < 1.29 is 14.3 Å². The molecule has 100 valence electrons. The number of hydrogen-bond acceptors (Lipinski definition) is 3. The smallest absolute Gasteiger partial charge is 0.348 e. The Labute approximate surface area is 114 Å². The SMILES string of the molecule is CC(C)Nc1cc(-c2ccc(F)cc2)sc1C(=O)O. The highest BCUT2D eigenvalue weighted by Crippen LogP contribution is 2.35. The van der Waals surface area contributed by atoms with Gasteiger partial charge in [0, 0.05) is 10.9 Å². The van der Waals surface area contributed by atoms with Gasteiger partial charge in [-0.25, -0.2) is 9.18 Å². The summed E-state index contributed by atoms with van der Waals surface area (Å²) in [6.07, 6.45) is 0. The first-order valence-corrected chi connectivity index (χ1v) is 6.68. The van der Waals surface area contributed by atoms with E-state index in [0.717, 1.165) is 10.4 Å². The second-order valence-corrected chi connectivity index (χ2v) is 5.52. The molecule has 1 aromatic heterocycles. The molecule has 2 rings (SSSR count). The second-order valence-electron chi connectivity index (χ2n) is 4.46. The van der Waals surface area contributed by atoms with Gasteiger partial charge in [0.15, 0.2) is 0 Å². The summed E-state index contributed by atoms with van der Waals surface area (Å²) in [5.41, 5.74) is 1.41. The molecule has 0 saturated heterocycles. The minimum atomic E-state index is -0.957. The van der Waals surface area contributed by atoms with Crippen molar-refractivity contribution in [3.8, 4) is 10.4 Å². The van der Waals surface area contributed by atoms with Crippen molar-refractivity contribution in [1.29, 1.82) is 0 Å². The molecule has 1 heterocycles. The molecule has 2 N–H and O–H groups in total. The van der Waals surface area contributed by atoms with Crippen LogP contribution in [-0.4, -0.2) is 17.1 Å². The number of thiophene rings is 1. The van der Waals surface area contributed by atoms with E-state index in [1.54, 1.807) is 18.2 Å². The fourth-order valence-corrected chi connectivity index (χ4v) is 2.69. The van der Waals surface area contributed by atoms with Gasteiger partial charge in [0.25, 0.3) is 0 Å². The normalized spacial score (nSPS) is 10.7. The van der Waals surface area contributed by atoms with E-state index >= 15 is 0 Å². The first kappa shape index (κ1) is 13.5. The molecule has 3 nitrogen and oxygen atoms in total. The molecule has 0 atom stereocenters. The largest absolute Gasteiger partial charge is 0.477 e. The van der Waals surface area contributed by atoms with Crippen LogP contribution in [0, 0.1) is 5.82 Å². The number of carboxylic acids is 1. The van der Waals surface area contributed by atoms with Crippen LogP contribution in [0.1, 0.15) is 23.5 Å². The van der Waals surface area contributed by atoms with E-state index in [0.29, 0.717) is 5.69 Å². The van der Waals surface area contributed by atoms with E-state index in [2.05, 4.69) is 5.32 Å². The Hall–Kier alpha value is -1.88. The number of anilines is 1. The molecule has 0 bridgehead atoms. The Morgan fingerprint density at radius 1 is 1.32 bits per heavy atom. The van der Waals surface area contributed by atoms with E-state index in [-0.39, 0.29) is 16.7 Å². The highest BCUT2D eigenvalue weighted by atomic mass is 32.1. The third-order valence-corrected chi connectivity index (χ3v) is 3.67. The summed E-state index contributed by atoms with van der Waals surface area (Å²) in [7, 11) is 0. The lowest BCUT2D eigenvalue weighted by molar-refractivity contribution is 0.0703. The Bertz CT molecular complexity index is 590. The number of carboxylic acid groups (broad SMARTS) is 1. The third kappa shape index (κ3) is 3.12. The molecule has 0 amide bonds. The van der Waals surface area contributed by atoms with Gasteiger partial charge in [-0.1, -0.05) is 12.1 Å². The van der Waals surface area contributed by atoms with E-state index in [1.807, 2.05) is 13.8 Å². The van der Waals surface area contributed by atoms with Crippen LogP contribution in [0.3, 0.4) is 0 Å². The topological polar surface area (TPSA) is 49.3 Å². The maximum atomic E-state index is 12.9. The summed E-state index contributed by atoms with van der Waals surface area (Å²) in [4.78, 5) is 12.3. The molecule has 0 radical (unpaired) electrons. The third-order valence-electron chi connectivity index (χ3n) is 2.50. The maximum absolute atomic E-state index is 12.9. The van der Waals surface area contributed by atoms with Crippen LogP contribution < -0.4 is 5.32 Å². The number of hydrogen-bond donors (Lipinski definition) is 2. The molecule has 5 heteroatoms. The van der Waals surface area contributed by atoms with Crippen molar-refractivity contribution in [2.24, 2.45) is 0 Å². The highest BCUT2D eigenvalue weighted by Gasteiger charge is 2.16. The Balaban J connectivity index is 2.42. The summed E-state index contributed by atoms with van der Waals surface area (Å²) in [5, 5.41) is 12.3. The first-order valence-electron chi connectivity index (χ1n) is 5.87. The molecule has 1 aromatic carbocycles. The summed E-state index contributed by atoms with van der Waals surface area (Å²) in [6, 6.07) is 7.96. The molecule has 0 fully saturated rings. The van der Waals surface area contributed by atoms with E-state index < -0.39 is 5.97 Å². The van der Waals surface area contributed by atoms with Gasteiger partial charge in [0.1, 0.15) is 10.7 Å². The molecule has 0 aliphatic rings. The average Bonchev–Trinajstić information content (AvgIpc) is 2.73. The lowest BCUT2D eigenvalue weighted by Crippen LogP contribution is -2.11. The van der Waals surface area contributed by atoms with Gasteiger partial charge in [0.05, 0.1) is 5.69 Å². The molecule has 19 heavy (non-hydrogen) atoms. The van der Waals surface area contributed by atoms with Crippen molar-refractivity contribution in [2.45, 2.75) is 19.9 Å². The number of carbonyl (C=O) groups is 1. The van der Waals surface area contributed by atoms with Gasteiger partial charge < -0.3 is 10.4 Å². The van der Waals surface area contributed by atoms with Gasteiger partial charge in [-0.15, -0.1) is 11.3 Å². The van der Waals surface area contributed by atoms with Crippen LogP contribution in [0.4, 0.5) is 10.1 Å². The van der Waals surface area contributed by atoms with Crippen molar-refractivity contribution >= 4 is 23.0 Å². The quantitative estimate of drug-likeness (QED) is 0.886. The Kier molecular flexibility index (Phi) is 3.85. The lowest BCUT2D eigenvalue weighted by Gasteiger charge is -2.08. The molecule has 0 saturated carbocycles. The van der Waals surface area contributed by atoms with Crippen LogP contribution in [0.25, 0.3) is 10.4 Å². The maximum Gasteiger partial charge on any atom is 0.348 e. The summed E-state index contributed by atoms with van der Waals surface area (Å²) in [6.45, 7) is 3.89. The number of benzene rings is 1. The van der Waals surface area contributed by atoms with Crippen LogP contribution in [0.2, 0.25) is 0 Å². The van der Waals surface area contributed by atoms with Gasteiger partial charge in [0.2, 0.25) is 0 Å². The van der Waals surface area contributed by atoms with Gasteiger partial charge in [-0.3, -0.25) is 0 Å². The minimum Gasteiger partial charge on any atom is -0.477 e. The number of halogens is 1. The molecule has 0 aliphatic heterocycles. The zero-order valence-corrected chi connectivity index (χ0v) is 11.4.